The van der Waals surface area contributed by atoms with Gasteiger partial charge in [0.25, 0.3) is 5.91 Å². The molecule has 0 aromatic heterocycles. The molecule has 0 saturated carbocycles. The monoisotopic (exact) mass is 376 g/mol. The van der Waals surface area contributed by atoms with Gasteiger partial charge in [0.2, 0.25) is 10.0 Å². The lowest BCUT2D eigenvalue weighted by molar-refractivity contribution is 0.102. The number of hydrogen-bond donors (Lipinski definition) is 1. The number of sulfonamides is 1. The fourth-order valence-electron chi connectivity index (χ4n) is 2.81. The molecule has 1 heterocycles. The first kappa shape index (κ1) is 18.1. The lowest BCUT2D eigenvalue weighted by atomic mass is 10.1. The highest BCUT2D eigenvalue weighted by Gasteiger charge is 2.28. The fraction of sp³-hybridized carbons (Fsp3) is 0.278. The third-order valence-electron chi connectivity index (χ3n) is 4.10. The van der Waals surface area contributed by atoms with Gasteiger partial charge in [0.1, 0.15) is 11.5 Å². The van der Waals surface area contributed by atoms with E-state index in [1.54, 1.807) is 42.5 Å². The van der Waals surface area contributed by atoms with Gasteiger partial charge in [0.15, 0.2) is 0 Å². The van der Waals surface area contributed by atoms with E-state index in [4.69, 9.17) is 9.47 Å². The van der Waals surface area contributed by atoms with Crippen molar-refractivity contribution in [3.8, 4) is 11.5 Å². The number of benzene rings is 2. The van der Waals surface area contributed by atoms with Gasteiger partial charge in [-0.2, -0.15) is 0 Å². The molecule has 1 aliphatic heterocycles. The Labute approximate surface area is 152 Å². The Balaban J connectivity index is 1.84. The lowest BCUT2D eigenvalue weighted by Crippen LogP contribution is -2.25. The molecule has 26 heavy (non-hydrogen) atoms. The van der Waals surface area contributed by atoms with Crippen LogP contribution in [0.3, 0.4) is 0 Å². The van der Waals surface area contributed by atoms with Crippen LogP contribution < -0.4 is 19.1 Å². The number of rotatable bonds is 5. The number of hydrogen-bond acceptors (Lipinski definition) is 5. The van der Waals surface area contributed by atoms with Gasteiger partial charge in [-0.25, -0.2) is 8.42 Å². The van der Waals surface area contributed by atoms with Gasteiger partial charge in [-0.3, -0.25) is 9.10 Å². The number of nitrogens with one attached hydrogen (secondary N) is 1. The SMILES string of the molecule is COc1cc(NC(=O)c2cccc(N3CCCS3(=O)=O)c2)cc(OC)c1. The highest BCUT2D eigenvalue weighted by Crippen LogP contribution is 2.27. The summed E-state index contributed by atoms with van der Waals surface area (Å²) in [4.78, 5) is 12.6. The largest absolute Gasteiger partial charge is 0.497 e. The minimum absolute atomic E-state index is 0.132. The molecule has 1 saturated heterocycles. The maximum absolute atomic E-state index is 12.6. The Kier molecular flexibility index (Phi) is 5.03. The van der Waals surface area contributed by atoms with Gasteiger partial charge in [-0.15, -0.1) is 0 Å². The average molecular weight is 376 g/mol. The Morgan fingerprint density at radius 1 is 1.08 bits per heavy atom. The summed E-state index contributed by atoms with van der Waals surface area (Å²) >= 11 is 0. The molecule has 0 aliphatic carbocycles. The molecular formula is C18H20N2O5S. The van der Waals surface area contributed by atoms with Crippen molar-refractivity contribution in [3.05, 3.63) is 48.0 Å². The predicted molar refractivity (Wildman–Crippen MR) is 99.7 cm³/mol. The van der Waals surface area contributed by atoms with Crippen molar-refractivity contribution >= 4 is 27.3 Å². The molecule has 1 amide bonds. The second-order valence-electron chi connectivity index (χ2n) is 5.85. The van der Waals surface area contributed by atoms with E-state index in [1.165, 1.54) is 18.5 Å². The van der Waals surface area contributed by atoms with E-state index in [1.807, 2.05) is 0 Å². The predicted octanol–water partition coefficient (Wildman–Crippen LogP) is 2.50. The second kappa shape index (κ2) is 7.25. The summed E-state index contributed by atoms with van der Waals surface area (Å²) in [6, 6.07) is 11.6. The van der Waals surface area contributed by atoms with Crippen molar-refractivity contribution in [2.45, 2.75) is 6.42 Å². The summed E-state index contributed by atoms with van der Waals surface area (Å²) in [5.41, 5.74) is 1.38. The summed E-state index contributed by atoms with van der Waals surface area (Å²) in [5, 5.41) is 2.78. The van der Waals surface area contributed by atoms with E-state index in [9.17, 15) is 13.2 Å². The van der Waals surface area contributed by atoms with Crippen LogP contribution in [-0.2, 0) is 10.0 Å². The molecule has 138 valence electrons. The standard InChI is InChI=1S/C18H20N2O5S/c1-24-16-10-14(11-17(12-16)25-2)19-18(21)13-5-3-6-15(9-13)20-7-4-8-26(20,22)23/h3,5-6,9-12H,4,7-8H2,1-2H3,(H,19,21). The molecule has 0 atom stereocenters. The fourth-order valence-corrected chi connectivity index (χ4v) is 4.37. The van der Waals surface area contributed by atoms with Gasteiger partial charge in [-0.05, 0) is 24.6 Å². The molecule has 7 nitrogen and oxygen atoms in total. The summed E-state index contributed by atoms with van der Waals surface area (Å²) in [7, 11) is -0.235. The second-order valence-corrected chi connectivity index (χ2v) is 7.86. The van der Waals surface area contributed by atoms with Crippen molar-refractivity contribution in [1.29, 1.82) is 0 Å². The average Bonchev–Trinajstić information content (AvgIpc) is 3.00. The summed E-state index contributed by atoms with van der Waals surface area (Å²) < 4.78 is 35.9. The highest BCUT2D eigenvalue weighted by atomic mass is 32.2. The minimum Gasteiger partial charge on any atom is -0.497 e. The third kappa shape index (κ3) is 3.75. The van der Waals surface area contributed by atoms with Crippen LogP contribution in [0.2, 0.25) is 0 Å². The van der Waals surface area contributed by atoms with Gasteiger partial charge in [-0.1, -0.05) is 6.07 Å². The molecular weight excluding hydrogens is 356 g/mol. The van der Waals surface area contributed by atoms with Crippen LogP contribution in [0, 0.1) is 0 Å². The molecule has 1 N–H and O–H groups in total. The Morgan fingerprint density at radius 3 is 2.35 bits per heavy atom. The van der Waals surface area contributed by atoms with Crippen molar-refractivity contribution in [2.75, 3.05) is 36.1 Å². The normalized spacial score (nSPS) is 15.5. The molecule has 8 heteroatoms. The summed E-state index contributed by atoms with van der Waals surface area (Å²) in [6.07, 6.45) is 0.586. The number of anilines is 2. The zero-order chi connectivity index (χ0) is 18.7. The van der Waals surface area contributed by atoms with Crippen LogP contribution in [0.4, 0.5) is 11.4 Å². The lowest BCUT2D eigenvalue weighted by Gasteiger charge is -2.17. The highest BCUT2D eigenvalue weighted by molar-refractivity contribution is 7.93. The number of carbonyl (C=O) groups excluding carboxylic acids is 1. The molecule has 0 radical (unpaired) electrons. The summed E-state index contributed by atoms with van der Waals surface area (Å²) in [5.74, 6) is 0.888. The Bertz CT molecular complexity index is 905. The van der Waals surface area contributed by atoms with E-state index in [2.05, 4.69) is 5.32 Å². The Hall–Kier alpha value is -2.74. The third-order valence-corrected chi connectivity index (χ3v) is 5.97. The van der Waals surface area contributed by atoms with Gasteiger partial charge >= 0.3 is 0 Å². The first-order chi connectivity index (χ1) is 12.4. The molecule has 3 rings (SSSR count). The number of carbonyl (C=O) groups is 1. The van der Waals surface area contributed by atoms with Crippen LogP contribution in [0.5, 0.6) is 11.5 Å². The molecule has 1 aliphatic rings. The van der Waals surface area contributed by atoms with E-state index in [0.717, 1.165) is 0 Å². The number of ether oxygens (including phenoxy) is 2. The zero-order valence-corrected chi connectivity index (χ0v) is 15.4. The molecule has 2 aromatic rings. The van der Waals surface area contributed by atoms with Crippen LogP contribution in [0.25, 0.3) is 0 Å². The number of nitrogens with zero attached hydrogens (tertiary/aromatic N) is 1. The first-order valence-corrected chi connectivity index (χ1v) is 9.69. The van der Waals surface area contributed by atoms with E-state index < -0.39 is 10.0 Å². The maximum Gasteiger partial charge on any atom is 0.255 e. The van der Waals surface area contributed by atoms with Crippen molar-refractivity contribution in [1.82, 2.24) is 0 Å². The molecule has 0 bridgehead atoms. The van der Waals surface area contributed by atoms with Crippen LogP contribution >= 0.6 is 0 Å². The smallest absolute Gasteiger partial charge is 0.255 e. The van der Waals surface area contributed by atoms with Crippen molar-refractivity contribution < 1.29 is 22.7 Å². The van der Waals surface area contributed by atoms with E-state index in [0.29, 0.717) is 41.4 Å². The summed E-state index contributed by atoms with van der Waals surface area (Å²) in [6.45, 7) is 0.431. The van der Waals surface area contributed by atoms with Gasteiger partial charge < -0.3 is 14.8 Å². The van der Waals surface area contributed by atoms with E-state index in [-0.39, 0.29) is 11.7 Å². The van der Waals surface area contributed by atoms with Gasteiger partial charge in [0.05, 0.1) is 25.7 Å². The van der Waals surface area contributed by atoms with Gasteiger partial charge in [0, 0.05) is 36.0 Å². The van der Waals surface area contributed by atoms with E-state index >= 15 is 0 Å². The Morgan fingerprint density at radius 2 is 1.77 bits per heavy atom. The zero-order valence-electron chi connectivity index (χ0n) is 14.6. The molecule has 0 unspecified atom stereocenters. The number of amides is 1. The maximum atomic E-state index is 12.6. The molecule has 0 spiro atoms. The molecule has 1 fully saturated rings. The number of methoxy groups -OCH3 is 2. The first-order valence-electron chi connectivity index (χ1n) is 8.08. The topological polar surface area (TPSA) is 84.9 Å². The van der Waals surface area contributed by atoms with Crippen LogP contribution in [-0.4, -0.2) is 40.8 Å². The molecule has 2 aromatic carbocycles. The van der Waals surface area contributed by atoms with Crippen LogP contribution in [0.15, 0.2) is 42.5 Å². The van der Waals surface area contributed by atoms with Crippen molar-refractivity contribution in [2.24, 2.45) is 0 Å². The quantitative estimate of drug-likeness (QED) is 0.867. The minimum atomic E-state index is -3.29. The van der Waals surface area contributed by atoms with Crippen molar-refractivity contribution in [3.63, 3.8) is 0 Å². The van der Waals surface area contributed by atoms with Crippen LogP contribution in [0.1, 0.15) is 16.8 Å².